The van der Waals surface area contributed by atoms with Gasteiger partial charge in [-0.05, 0) is 43.9 Å². The van der Waals surface area contributed by atoms with Crippen molar-refractivity contribution < 1.29 is 14.6 Å². The first-order valence-electron chi connectivity index (χ1n) is 6.45. The van der Waals surface area contributed by atoms with E-state index in [0.29, 0.717) is 11.5 Å². The lowest BCUT2D eigenvalue weighted by molar-refractivity contribution is 0.199. The van der Waals surface area contributed by atoms with Crippen LogP contribution < -0.4 is 4.90 Å². The molecule has 1 fully saturated rings. The third-order valence-corrected chi connectivity index (χ3v) is 3.60. The van der Waals surface area contributed by atoms with Gasteiger partial charge in [-0.2, -0.15) is 0 Å². The molecule has 1 unspecified atom stereocenters. The van der Waals surface area contributed by atoms with Crippen LogP contribution in [-0.4, -0.2) is 29.9 Å². The van der Waals surface area contributed by atoms with Crippen LogP contribution in [0.1, 0.15) is 31.4 Å². The number of aliphatic hydroxyl groups excluding tert-OH is 2. The Morgan fingerprint density at radius 2 is 2.28 bits per heavy atom. The molecule has 3 nitrogen and oxygen atoms in total. The summed E-state index contributed by atoms with van der Waals surface area (Å²) in [6.07, 6.45) is 1.17. The molecule has 1 heterocycles. The van der Waals surface area contributed by atoms with Gasteiger partial charge in [-0.15, -0.1) is 0 Å². The first kappa shape index (κ1) is 13.3. The second-order valence-corrected chi connectivity index (χ2v) is 4.99. The zero-order chi connectivity index (χ0) is 13.1. The van der Waals surface area contributed by atoms with Crippen molar-refractivity contribution in [3.8, 4) is 0 Å². The van der Waals surface area contributed by atoms with Crippen molar-refractivity contribution in [1.82, 2.24) is 0 Å². The third kappa shape index (κ3) is 2.82. The summed E-state index contributed by atoms with van der Waals surface area (Å²) >= 11 is 0. The normalized spacial score (nSPS) is 21.3. The molecule has 0 bridgehead atoms. The molecule has 2 atom stereocenters. The summed E-state index contributed by atoms with van der Waals surface area (Å²) in [4.78, 5) is 2.17. The molecule has 100 valence electrons. The molecule has 1 aromatic rings. The van der Waals surface area contributed by atoms with Gasteiger partial charge in [-0.25, -0.2) is 4.39 Å². The second kappa shape index (κ2) is 5.67. The molecule has 1 aliphatic rings. The minimum absolute atomic E-state index is 0.213. The molecule has 2 N–H and O–H groups in total. The lowest BCUT2D eigenvalue weighted by atomic mass is 10.1. The highest BCUT2D eigenvalue weighted by Gasteiger charge is 2.24. The van der Waals surface area contributed by atoms with Crippen LogP contribution in [0.2, 0.25) is 0 Å². The van der Waals surface area contributed by atoms with Crippen molar-refractivity contribution in [3.63, 3.8) is 0 Å². The Hall–Kier alpha value is -1.13. The molecule has 1 saturated heterocycles. The van der Waals surface area contributed by atoms with Gasteiger partial charge >= 0.3 is 0 Å². The summed E-state index contributed by atoms with van der Waals surface area (Å²) in [5.41, 5.74) is 1.55. The summed E-state index contributed by atoms with van der Waals surface area (Å²) < 4.78 is 13.2. The van der Waals surface area contributed by atoms with Gasteiger partial charge in [0.2, 0.25) is 0 Å². The summed E-state index contributed by atoms with van der Waals surface area (Å²) in [6.45, 7) is 3.63. The van der Waals surface area contributed by atoms with Crippen molar-refractivity contribution in [3.05, 3.63) is 29.6 Å². The largest absolute Gasteiger partial charge is 0.396 e. The van der Waals surface area contributed by atoms with Gasteiger partial charge in [0.25, 0.3) is 0 Å². The van der Waals surface area contributed by atoms with Crippen LogP contribution >= 0.6 is 0 Å². The highest BCUT2D eigenvalue weighted by Crippen LogP contribution is 2.32. The fraction of sp³-hybridized carbons (Fsp3) is 0.571. The average Bonchev–Trinajstić information content (AvgIpc) is 2.78. The predicted octanol–water partition coefficient (Wildman–Crippen LogP) is 2.09. The maximum absolute atomic E-state index is 13.2. The monoisotopic (exact) mass is 253 g/mol. The van der Waals surface area contributed by atoms with Crippen LogP contribution in [-0.2, 0) is 0 Å². The Morgan fingerprint density at radius 1 is 1.50 bits per heavy atom. The van der Waals surface area contributed by atoms with E-state index in [0.717, 1.165) is 31.6 Å². The van der Waals surface area contributed by atoms with E-state index in [4.69, 9.17) is 5.11 Å². The minimum Gasteiger partial charge on any atom is -0.396 e. The van der Waals surface area contributed by atoms with Gasteiger partial charge in [-0.1, -0.05) is 0 Å². The molecule has 2 rings (SSSR count). The first-order valence-corrected chi connectivity index (χ1v) is 6.45. The number of hydrogen-bond donors (Lipinski definition) is 2. The van der Waals surface area contributed by atoms with E-state index >= 15 is 0 Å². The molecular weight excluding hydrogens is 233 g/mol. The highest BCUT2D eigenvalue weighted by atomic mass is 19.1. The van der Waals surface area contributed by atoms with Gasteiger partial charge in [0, 0.05) is 30.9 Å². The molecule has 0 radical (unpaired) electrons. The van der Waals surface area contributed by atoms with Crippen LogP contribution in [0.15, 0.2) is 18.2 Å². The lowest BCUT2D eigenvalue weighted by Gasteiger charge is -2.23. The topological polar surface area (TPSA) is 43.7 Å². The number of aliphatic hydroxyl groups is 2. The molecule has 0 aromatic heterocycles. The summed E-state index contributed by atoms with van der Waals surface area (Å²) in [6, 6.07) is 4.57. The highest BCUT2D eigenvalue weighted by molar-refractivity contribution is 5.55. The zero-order valence-electron chi connectivity index (χ0n) is 10.6. The Bertz CT molecular complexity index is 409. The van der Waals surface area contributed by atoms with E-state index < -0.39 is 6.10 Å². The smallest absolute Gasteiger partial charge is 0.123 e. The molecular formula is C14H20FNO2. The van der Waals surface area contributed by atoms with E-state index in [9.17, 15) is 9.50 Å². The maximum atomic E-state index is 13.2. The van der Waals surface area contributed by atoms with Gasteiger partial charge in [-0.3, -0.25) is 0 Å². The van der Waals surface area contributed by atoms with Crippen LogP contribution in [0.5, 0.6) is 0 Å². The molecule has 1 aliphatic heterocycles. The van der Waals surface area contributed by atoms with E-state index in [1.54, 1.807) is 13.0 Å². The Balaban J connectivity index is 2.18. The molecule has 0 saturated carbocycles. The van der Waals surface area contributed by atoms with Gasteiger partial charge in [0.15, 0.2) is 0 Å². The Kier molecular flexibility index (Phi) is 4.19. The molecule has 4 heteroatoms. The number of rotatable bonds is 4. The van der Waals surface area contributed by atoms with Crippen molar-refractivity contribution in [2.75, 3.05) is 24.6 Å². The van der Waals surface area contributed by atoms with E-state index in [-0.39, 0.29) is 12.4 Å². The molecule has 0 amide bonds. The quantitative estimate of drug-likeness (QED) is 0.863. The van der Waals surface area contributed by atoms with E-state index in [1.807, 2.05) is 0 Å². The average molecular weight is 253 g/mol. The second-order valence-electron chi connectivity index (χ2n) is 4.99. The van der Waals surface area contributed by atoms with Crippen LogP contribution in [0.4, 0.5) is 10.1 Å². The van der Waals surface area contributed by atoms with Crippen molar-refractivity contribution in [1.29, 1.82) is 0 Å². The van der Waals surface area contributed by atoms with Gasteiger partial charge in [0.05, 0.1) is 6.10 Å². The number of nitrogens with zero attached hydrogens (tertiary/aromatic N) is 1. The molecule has 0 spiro atoms. The lowest BCUT2D eigenvalue weighted by Crippen LogP contribution is -2.22. The number of hydrogen-bond acceptors (Lipinski definition) is 3. The predicted molar refractivity (Wildman–Crippen MR) is 69.1 cm³/mol. The van der Waals surface area contributed by atoms with E-state index in [1.165, 1.54) is 12.1 Å². The summed E-state index contributed by atoms with van der Waals surface area (Å²) in [7, 11) is 0. The van der Waals surface area contributed by atoms with Gasteiger partial charge in [0.1, 0.15) is 5.82 Å². The van der Waals surface area contributed by atoms with Gasteiger partial charge < -0.3 is 15.1 Å². The zero-order valence-corrected chi connectivity index (χ0v) is 10.6. The van der Waals surface area contributed by atoms with Crippen molar-refractivity contribution >= 4 is 5.69 Å². The Labute approximate surface area is 107 Å². The fourth-order valence-electron chi connectivity index (χ4n) is 2.62. The third-order valence-electron chi connectivity index (χ3n) is 3.60. The SMILES string of the molecule is C[C@@H](O)c1cc(F)ccc1N1CCC(CCO)C1. The van der Waals surface area contributed by atoms with Crippen LogP contribution in [0.3, 0.4) is 0 Å². The summed E-state index contributed by atoms with van der Waals surface area (Å²) in [5.74, 6) is 0.169. The minimum atomic E-state index is -0.674. The standard InChI is InChI=1S/C14H20FNO2/c1-10(18)13-8-12(15)2-3-14(13)16-6-4-11(9-16)5-7-17/h2-3,8,10-11,17-18H,4-7,9H2,1H3/t10-,11?/m1/s1. The molecule has 0 aliphatic carbocycles. The van der Waals surface area contributed by atoms with Crippen molar-refractivity contribution in [2.45, 2.75) is 25.9 Å². The maximum Gasteiger partial charge on any atom is 0.123 e. The Morgan fingerprint density at radius 3 is 2.94 bits per heavy atom. The first-order chi connectivity index (χ1) is 8.61. The molecule has 1 aromatic carbocycles. The number of halogens is 1. The number of benzene rings is 1. The fourth-order valence-corrected chi connectivity index (χ4v) is 2.62. The van der Waals surface area contributed by atoms with Crippen molar-refractivity contribution in [2.24, 2.45) is 5.92 Å². The van der Waals surface area contributed by atoms with Crippen LogP contribution in [0, 0.1) is 11.7 Å². The van der Waals surface area contributed by atoms with E-state index in [2.05, 4.69) is 4.90 Å². The molecule has 18 heavy (non-hydrogen) atoms. The van der Waals surface area contributed by atoms with Crippen LogP contribution in [0.25, 0.3) is 0 Å². The summed E-state index contributed by atoms with van der Waals surface area (Å²) in [5, 5.41) is 18.7. The number of anilines is 1.